The van der Waals surface area contributed by atoms with Crippen molar-refractivity contribution in [1.29, 1.82) is 0 Å². The number of nitrogens with one attached hydrogen (secondary N) is 2. The minimum absolute atomic E-state index is 0.313. The lowest BCUT2D eigenvalue weighted by atomic mass is 10.1. The summed E-state index contributed by atoms with van der Waals surface area (Å²) in [6.45, 7) is 0. The van der Waals surface area contributed by atoms with Gasteiger partial charge in [-0.25, -0.2) is 0 Å². The number of rotatable bonds is 4. The van der Waals surface area contributed by atoms with Gasteiger partial charge in [-0.2, -0.15) is 5.10 Å². The third-order valence-electron chi connectivity index (χ3n) is 3.89. The van der Waals surface area contributed by atoms with Gasteiger partial charge in [0.1, 0.15) is 5.69 Å². The van der Waals surface area contributed by atoms with Crippen LogP contribution in [0, 0.1) is 0 Å². The number of nitrogens with zero attached hydrogens (tertiary/aromatic N) is 3. The summed E-state index contributed by atoms with van der Waals surface area (Å²) >= 11 is 0. The maximum atomic E-state index is 12.5. The topological polar surface area (TPSA) is 83.6 Å². The van der Waals surface area contributed by atoms with E-state index in [0.29, 0.717) is 11.5 Å². The fourth-order valence-corrected chi connectivity index (χ4v) is 2.60. The van der Waals surface area contributed by atoms with Crippen LogP contribution in [0.25, 0.3) is 22.4 Å². The highest BCUT2D eigenvalue weighted by molar-refractivity contribution is 6.03. The molecule has 4 rings (SSSR count). The van der Waals surface area contributed by atoms with Crippen molar-refractivity contribution < 1.29 is 4.79 Å². The Morgan fingerprint density at radius 1 is 0.885 bits per heavy atom. The predicted molar refractivity (Wildman–Crippen MR) is 99.4 cm³/mol. The lowest BCUT2D eigenvalue weighted by molar-refractivity contribution is 0.102. The Bertz CT molecular complexity index is 1030. The van der Waals surface area contributed by atoms with Gasteiger partial charge in [0.15, 0.2) is 5.82 Å². The van der Waals surface area contributed by atoms with E-state index in [1.54, 1.807) is 30.7 Å². The molecule has 0 aliphatic carbocycles. The molecule has 1 aromatic carbocycles. The highest BCUT2D eigenvalue weighted by Crippen LogP contribution is 2.21. The first-order valence-corrected chi connectivity index (χ1v) is 8.08. The minimum Gasteiger partial charge on any atom is -0.304 e. The molecule has 0 saturated carbocycles. The standard InChI is InChI=1S/C20H15N5O/c26-20(18-11-15(8-10-22-18)14-5-2-1-3-6-14)23-19-12-17(24-25-19)16-7-4-9-21-13-16/h1-13H,(H2,23,24,25,26). The van der Waals surface area contributed by atoms with Crippen molar-refractivity contribution in [2.45, 2.75) is 0 Å². The Kier molecular flexibility index (Phi) is 4.22. The van der Waals surface area contributed by atoms with Crippen molar-refractivity contribution >= 4 is 11.7 Å². The molecule has 2 N–H and O–H groups in total. The summed E-state index contributed by atoms with van der Waals surface area (Å²) in [4.78, 5) is 20.7. The van der Waals surface area contributed by atoms with E-state index in [4.69, 9.17) is 0 Å². The van der Waals surface area contributed by atoms with Crippen molar-refractivity contribution in [3.05, 3.63) is 84.9 Å². The third kappa shape index (κ3) is 3.34. The zero-order valence-corrected chi connectivity index (χ0v) is 13.8. The Balaban J connectivity index is 1.53. The Hall–Kier alpha value is -3.80. The van der Waals surface area contributed by atoms with Crippen molar-refractivity contribution in [2.75, 3.05) is 5.32 Å². The summed E-state index contributed by atoms with van der Waals surface area (Å²) in [5.74, 6) is 0.118. The maximum Gasteiger partial charge on any atom is 0.275 e. The van der Waals surface area contributed by atoms with Crippen molar-refractivity contribution in [3.63, 3.8) is 0 Å². The zero-order chi connectivity index (χ0) is 17.8. The number of aromatic nitrogens is 4. The van der Waals surface area contributed by atoms with Crippen LogP contribution in [0.1, 0.15) is 10.5 Å². The second-order valence-corrected chi connectivity index (χ2v) is 5.66. The van der Waals surface area contributed by atoms with Gasteiger partial charge in [0.05, 0.1) is 5.69 Å². The lowest BCUT2D eigenvalue weighted by Crippen LogP contribution is -2.13. The van der Waals surface area contributed by atoms with Crippen LogP contribution >= 0.6 is 0 Å². The molecule has 3 heterocycles. The van der Waals surface area contributed by atoms with E-state index in [2.05, 4.69) is 25.5 Å². The molecule has 6 nitrogen and oxygen atoms in total. The number of pyridine rings is 2. The van der Waals surface area contributed by atoms with Gasteiger partial charge in [-0.3, -0.25) is 19.9 Å². The van der Waals surface area contributed by atoms with Crippen LogP contribution in [0.5, 0.6) is 0 Å². The lowest BCUT2D eigenvalue weighted by Gasteiger charge is -2.04. The summed E-state index contributed by atoms with van der Waals surface area (Å²) < 4.78 is 0. The number of benzene rings is 1. The molecule has 3 aromatic heterocycles. The number of carbonyl (C=O) groups excluding carboxylic acids is 1. The van der Waals surface area contributed by atoms with Gasteiger partial charge < -0.3 is 5.32 Å². The van der Waals surface area contributed by atoms with E-state index in [9.17, 15) is 4.79 Å². The normalized spacial score (nSPS) is 10.5. The highest BCUT2D eigenvalue weighted by Gasteiger charge is 2.12. The molecule has 0 bridgehead atoms. The smallest absolute Gasteiger partial charge is 0.275 e. The average molecular weight is 341 g/mol. The number of hydrogen-bond acceptors (Lipinski definition) is 4. The van der Waals surface area contributed by atoms with Gasteiger partial charge in [-0.15, -0.1) is 0 Å². The molecule has 6 heteroatoms. The van der Waals surface area contributed by atoms with E-state index < -0.39 is 0 Å². The fraction of sp³-hybridized carbons (Fsp3) is 0. The van der Waals surface area contributed by atoms with Crippen LogP contribution in [0.3, 0.4) is 0 Å². The number of H-pyrrole nitrogens is 1. The van der Waals surface area contributed by atoms with Crippen molar-refractivity contribution in [2.24, 2.45) is 0 Å². The molecular weight excluding hydrogens is 326 g/mol. The number of carbonyl (C=O) groups is 1. The predicted octanol–water partition coefficient (Wildman–Crippen LogP) is 3.79. The van der Waals surface area contributed by atoms with Crippen LogP contribution in [0.2, 0.25) is 0 Å². The van der Waals surface area contributed by atoms with Crippen LogP contribution in [0.15, 0.2) is 79.3 Å². The van der Waals surface area contributed by atoms with E-state index in [1.165, 1.54) is 0 Å². The van der Waals surface area contributed by atoms with Crippen LogP contribution in [0.4, 0.5) is 5.82 Å². The van der Waals surface area contributed by atoms with E-state index in [-0.39, 0.29) is 5.91 Å². The summed E-state index contributed by atoms with van der Waals surface area (Å²) in [5.41, 5.74) is 3.97. The fourth-order valence-electron chi connectivity index (χ4n) is 2.60. The molecule has 26 heavy (non-hydrogen) atoms. The quantitative estimate of drug-likeness (QED) is 0.591. The second kappa shape index (κ2) is 6.98. The second-order valence-electron chi connectivity index (χ2n) is 5.66. The minimum atomic E-state index is -0.313. The number of amides is 1. The molecule has 0 atom stereocenters. The SMILES string of the molecule is O=C(Nc1cc(-c2cccnc2)[nH]n1)c1cc(-c2ccccc2)ccn1. The Labute approximate surface area is 150 Å². The van der Waals surface area contributed by atoms with Crippen LogP contribution < -0.4 is 5.32 Å². The third-order valence-corrected chi connectivity index (χ3v) is 3.89. The molecule has 0 fully saturated rings. The summed E-state index contributed by atoms with van der Waals surface area (Å²) in [5, 5.41) is 9.78. The Morgan fingerprint density at radius 3 is 2.54 bits per heavy atom. The molecule has 0 spiro atoms. The van der Waals surface area contributed by atoms with Gasteiger partial charge in [0, 0.05) is 30.2 Å². The molecule has 1 amide bonds. The molecule has 0 saturated heterocycles. The first-order chi connectivity index (χ1) is 12.8. The molecule has 4 aromatic rings. The first-order valence-electron chi connectivity index (χ1n) is 8.08. The summed E-state index contributed by atoms with van der Waals surface area (Å²) in [6, 6.07) is 19.0. The number of anilines is 1. The van der Waals surface area contributed by atoms with E-state index >= 15 is 0 Å². The monoisotopic (exact) mass is 341 g/mol. The van der Waals surface area contributed by atoms with Crippen molar-refractivity contribution in [1.82, 2.24) is 20.2 Å². The number of aromatic amines is 1. The van der Waals surface area contributed by atoms with E-state index in [1.807, 2.05) is 48.5 Å². The molecular formula is C20H15N5O. The summed E-state index contributed by atoms with van der Waals surface area (Å²) in [7, 11) is 0. The van der Waals surface area contributed by atoms with Gasteiger partial charge in [0.2, 0.25) is 0 Å². The largest absolute Gasteiger partial charge is 0.304 e. The van der Waals surface area contributed by atoms with Crippen LogP contribution in [-0.2, 0) is 0 Å². The zero-order valence-electron chi connectivity index (χ0n) is 13.8. The summed E-state index contributed by atoms with van der Waals surface area (Å²) in [6.07, 6.45) is 5.06. The number of hydrogen-bond donors (Lipinski definition) is 2. The van der Waals surface area contributed by atoms with Crippen molar-refractivity contribution in [3.8, 4) is 22.4 Å². The molecule has 0 radical (unpaired) electrons. The van der Waals surface area contributed by atoms with Gasteiger partial charge >= 0.3 is 0 Å². The average Bonchev–Trinajstić information content (AvgIpc) is 3.18. The van der Waals surface area contributed by atoms with Gasteiger partial charge in [0.25, 0.3) is 5.91 Å². The molecule has 0 aliphatic heterocycles. The van der Waals surface area contributed by atoms with Gasteiger partial charge in [-0.1, -0.05) is 30.3 Å². The molecule has 0 unspecified atom stereocenters. The first kappa shape index (κ1) is 15.7. The highest BCUT2D eigenvalue weighted by atomic mass is 16.1. The molecule has 126 valence electrons. The maximum absolute atomic E-state index is 12.5. The Morgan fingerprint density at radius 2 is 1.73 bits per heavy atom. The van der Waals surface area contributed by atoms with Crippen LogP contribution in [-0.4, -0.2) is 26.1 Å². The van der Waals surface area contributed by atoms with E-state index in [0.717, 1.165) is 22.4 Å². The molecule has 0 aliphatic rings. The van der Waals surface area contributed by atoms with Gasteiger partial charge in [-0.05, 0) is 35.4 Å².